The number of rotatable bonds is 4. The van der Waals surface area contributed by atoms with Gasteiger partial charge in [-0.05, 0) is 35.4 Å². The van der Waals surface area contributed by atoms with E-state index >= 15 is 0 Å². The van der Waals surface area contributed by atoms with E-state index in [0.29, 0.717) is 0 Å². The predicted octanol–water partition coefficient (Wildman–Crippen LogP) is 4.20. The van der Waals surface area contributed by atoms with E-state index in [1.54, 1.807) is 7.11 Å². The van der Waals surface area contributed by atoms with Crippen LogP contribution in [0.1, 0.15) is 22.7 Å². The minimum atomic E-state index is 0.220. The summed E-state index contributed by atoms with van der Waals surface area (Å²) in [6, 6.07) is 23.0. The predicted molar refractivity (Wildman–Crippen MR) is 81.2 cm³/mol. The summed E-state index contributed by atoms with van der Waals surface area (Å²) in [7, 11) is 1.69. The number of nitrogens with one attached hydrogen (secondary N) is 1. The molecule has 1 aromatic heterocycles. The SMILES string of the molecule is COc1ccc([C@@H](c2ccccc2)c2ccc[nH]2)cc1. The highest BCUT2D eigenvalue weighted by Crippen LogP contribution is 2.31. The molecule has 2 aromatic carbocycles. The van der Waals surface area contributed by atoms with E-state index in [9.17, 15) is 0 Å². The minimum Gasteiger partial charge on any atom is -0.497 e. The topological polar surface area (TPSA) is 25.0 Å². The van der Waals surface area contributed by atoms with Crippen molar-refractivity contribution in [1.82, 2.24) is 4.98 Å². The van der Waals surface area contributed by atoms with Gasteiger partial charge in [-0.2, -0.15) is 0 Å². The van der Waals surface area contributed by atoms with Crippen LogP contribution in [0, 0.1) is 0 Å². The van der Waals surface area contributed by atoms with E-state index in [1.807, 2.05) is 30.5 Å². The summed E-state index contributed by atoms with van der Waals surface area (Å²) in [6.07, 6.45) is 1.97. The Balaban J connectivity index is 2.05. The van der Waals surface area contributed by atoms with Gasteiger partial charge in [-0.15, -0.1) is 0 Å². The molecule has 0 bridgehead atoms. The largest absolute Gasteiger partial charge is 0.497 e. The molecule has 0 saturated carbocycles. The number of hydrogen-bond acceptors (Lipinski definition) is 1. The fourth-order valence-corrected chi connectivity index (χ4v) is 2.52. The molecule has 1 atom stereocenters. The molecule has 2 heteroatoms. The molecule has 20 heavy (non-hydrogen) atoms. The lowest BCUT2D eigenvalue weighted by Crippen LogP contribution is -2.03. The van der Waals surface area contributed by atoms with Gasteiger partial charge >= 0.3 is 0 Å². The van der Waals surface area contributed by atoms with Gasteiger partial charge in [0, 0.05) is 17.8 Å². The van der Waals surface area contributed by atoms with Gasteiger partial charge in [0.2, 0.25) is 0 Å². The Labute approximate surface area is 119 Å². The zero-order valence-electron chi connectivity index (χ0n) is 11.4. The van der Waals surface area contributed by atoms with Crippen LogP contribution in [0.4, 0.5) is 0 Å². The van der Waals surface area contributed by atoms with Crippen molar-refractivity contribution >= 4 is 0 Å². The van der Waals surface area contributed by atoms with Crippen molar-refractivity contribution in [3.05, 3.63) is 89.7 Å². The summed E-state index contributed by atoms with van der Waals surface area (Å²) < 4.78 is 5.24. The number of aromatic nitrogens is 1. The molecule has 0 saturated heterocycles. The van der Waals surface area contributed by atoms with Crippen molar-refractivity contribution in [3.8, 4) is 5.75 Å². The van der Waals surface area contributed by atoms with E-state index in [1.165, 1.54) is 16.8 Å². The molecule has 0 unspecified atom stereocenters. The van der Waals surface area contributed by atoms with E-state index in [2.05, 4.69) is 47.4 Å². The van der Waals surface area contributed by atoms with Crippen molar-refractivity contribution in [2.45, 2.75) is 5.92 Å². The summed E-state index contributed by atoms with van der Waals surface area (Å²) in [5.74, 6) is 1.10. The van der Waals surface area contributed by atoms with E-state index in [4.69, 9.17) is 4.74 Å². The molecular weight excluding hydrogens is 246 g/mol. The maximum Gasteiger partial charge on any atom is 0.118 e. The third kappa shape index (κ3) is 2.45. The first-order valence-corrected chi connectivity index (χ1v) is 6.70. The van der Waals surface area contributed by atoms with E-state index < -0.39 is 0 Å². The molecule has 0 amide bonds. The fraction of sp³-hybridized carbons (Fsp3) is 0.111. The molecule has 0 spiro atoms. The smallest absolute Gasteiger partial charge is 0.118 e. The molecule has 0 aliphatic carbocycles. The Morgan fingerprint density at radius 1 is 0.800 bits per heavy atom. The van der Waals surface area contributed by atoms with Crippen molar-refractivity contribution in [3.63, 3.8) is 0 Å². The van der Waals surface area contributed by atoms with Gasteiger partial charge in [-0.1, -0.05) is 42.5 Å². The molecule has 0 aliphatic heterocycles. The van der Waals surface area contributed by atoms with Crippen molar-refractivity contribution in [1.29, 1.82) is 0 Å². The number of H-pyrrole nitrogens is 1. The second kappa shape index (κ2) is 5.66. The van der Waals surface area contributed by atoms with Gasteiger partial charge < -0.3 is 9.72 Å². The van der Waals surface area contributed by atoms with Crippen LogP contribution in [0.3, 0.4) is 0 Å². The zero-order valence-corrected chi connectivity index (χ0v) is 11.4. The van der Waals surface area contributed by atoms with Crippen LogP contribution < -0.4 is 4.74 Å². The summed E-state index contributed by atoms with van der Waals surface area (Å²) in [6.45, 7) is 0. The van der Waals surface area contributed by atoms with Gasteiger partial charge in [0.25, 0.3) is 0 Å². The molecular formula is C18H17NO. The average Bonchev–Trinajstić information content (AvgIpc) is 3.03. The highest BCUT2D eigenvalue weighted by Gasteiger charge is 2.17. The molecule has 1 N–H and O–H groups in total. The second-order valence-corrected chi connectivity index (χ2v) is 4.74. The van der Waals surface area contributed by atoms with Gasteiger partial charge in [0.05, 0.1) is 7.11 Å². The molecule has 0 radical (unpaired) electrons. The first-order valence-electron chi connectivity index (χ1n) is 6.70. The molecule has 100 valence electrons. The lowest BCUT2D eigenvalue weighted by Gasteiger charge is -2.17. The Morgan fingerprint density at radius 2 is 1.50 bits per heavy atom. The fourth-order valence-electron chi connectivity index (χ4n) is 2.52. The summed E-state index contributed by atoms with van der Waals surface area (Å²) in [5, 5.41) is 0. The minimum absolute atomic E-state index is 0.220. The Morgan fingerprint density at radius 3 is 2.10 bits per heavy atom. The Bertz CT molecular complexity index is 642. The van der Waals surface area contributed by atoms with Crippen LogP contribution >= 0.6 is 0 Å². The van der Waals surface area contributed by atoms with Gasteiger partial charge in [0.1, 0.15) is 5.75 Å². The normalized spacial score (nSPS) is 12.1. The lowest BCUT2D eigenvalue weighted by molar-refractivity contribution is 0.414. The molecule has 0 aliphatic rings. The molecule has 3 aromatic rings. The second-order valence-electron chi connectivity index (χ2n) is 4.74. The van der Waals surface area contributed by atoms with Crippen LogP contribution in [0.15, 0.2) is 72.9 Å². The van der Waals surface area contributed by atoms with Crippen molar-refractivity contribution in [2.24, 2.45) is 0 Å². The maximum atomic E-state index is 5.24. The summed E-state index contributed by atoms with van der Waals surface area (Å²) in [4.78, 5) is 3.33. The summed E-state index contributed by atoms with van der Waals surface area (Å²) >= 11 is 0. The third-order valence-corrected chi connectivity index (χ3v) is 3.52. The zero-order chi connectivity index (χ0) is 13.8. The number of methoxy groups -OCH3 is 1. The summed E-state index contributed by atoms with van der Waals surface area (Å²) in [5.41, 5.74) is 3.72. The number of aromatic amines is 1. The molecule has 2 nitrogen and oxygen atoms in total. The van der Waals surface area contributed by atoms with Crippen molar-refractivity contribution < 1.29 is 4.74 Å². The maximum absolute atomic E-state index is 5.24. The number of benzene rings is 2. The van der Waals surface area contributed by atoms with Gasteiger partial charge in [-0.3, -0.25) is 0 Å². The molecule has 0 fully saturated rings. The van der Waals surface area contributed by atoms with Gasteiger partial charge in [0.15, 0.2) is 0 Å². The van der Waals surface area contributed by atoms with Gasteiger partial charge in [-0.25, -0.2) is 0 Å². The molecule has 1 heterocycles. The van der Waals surface area contributed by atoms with Crippen LogP contribution in [-0.4, -0.2) is 12.1 Å². The third-order valence-electron chi connectivity index (χ3n) is 3.52. The van der Waals surface area contributed by atoms with Crippen LogP contribution in [0.5, 0.6) is 5.75 Å². The van der Waals surface area contributed by atoms with E-state index in [0.717, 1.165) is 5.75 Å². The average molecular weight is 263 g/mol. The highest BCUT2D eigenvalue weighted by molar-refractivity contribution is 5.42. The van der Waals surface area contributed by atoms with Crippen LogP contribution in [0.25, 0.3) is 0 Å². The number of ether oxygens (including phenoxy) is 1. The van der Waals surface area contributed by atoms with Crippen LogP contribution in [0.2, 0.25) is 0 Å². The first-order chi connectivity index (χ1) is 9.88. The van der Waals surface area contributed by atoms with Crippen molar-refractivity contribution in [2.75, 3.05) is 7.11 Å². The van der Waals surface area contributed by atoms with E-state index in [-0.39, 0.29) is 5.92 Å². The highest BCUT2D eigenvalue weighted by atomic mass is 16.5. The lowest BCUT2D eigenvalue weighted by atomic mass is 9.88. The standard InChI is InChI=1S/C18H17NO/c1-20-16-11-9-15(10-12-16)18(17-8-5-13-19-17)14-6-3-2-4-7-14/h2-13,18-19H,1H3/t18-/m1/s1. The first kappa shape index (κ1) is 12.5. The quantitative estimate of drug-likeness (QED) is 0.749. The Kier molecular flexibility index (Phi) is 3.55. The monoisotopic (exact) mass is 263 g/mol. The molecule has 3 rings (SSSR count). The number of hydrogen-bond donors (Lipinski definition) is 1. The Hall–Kier alpha value is -2.48. The van der Waals surface area contributed by atoms with Crippen LogP contribution in [-0.2, 0) is 0 Å².